The molecule has 0 aliphatic heterocycles. The first-order valence-corrected chi connectivity index (χ1v) is 8.88. The largest absolute Gasteiger partial charge is 0.459 e. The van der Waals surface area contributed by atoms with Crippen molar-refractivity contribution < 1.29 is 4.42 Å². The molecule has 0 bridgehead atoms. The molecule has 0 saturated carbocycles. The van der Waals surface area contributed by atoms with E-state index in [4.69, 9.17) is 16.0 Å². The Kier molecular flexibility index (Phi) is 4.69. The number of benzene rings is 1. The van der Waals surface area contributed by atoms with Crippen molar-refractivity contribution in [3.63, 3.8) is 0 Å². The van der Waals surface area contributed by atoms with Crippen LogP contribution >= 0.6 is 38.9 Å². The number of fused-ring (bicyclic) bond motifs is 1. The van der Waals surface area contributed by atoms with Gasteiger partial charge in [0.25, 0.3) is 0 Å². The smallest absolute Gasteiger partial charge is 0.134 e. The van der Waals surface area contributed by atoms with E-state index in [2.05, 4.69) is 45.7 Å². The summed E-state index contributed by atoms with van der Waals surface area (Å²) in [6, 6.07) is 9.98. The van der Waals surface area contributed by atoms with Crippen molar-refractivity contribution in [1.82, 2.24) is 5.32 Å². The topological polar surface area (TPSA) is 25.2 Å². The molecule has 0 aliphatic rings. The van der Waals surface area contributed by atoms with E-state index in [1.807, 2.05) is 18.2 Å². The lowest BCUT2D eigenvalue weighted by Gasteiger charge is -2.14. The van der Waals surface area contributed by atoms with E-state index in [1.54, 1.807) is 11.3 Å². The molecule has 2 nitrogen and oxygen atoms in total. The summed E-state index contributed by atoms with van der Waals surface area (Å²) in [6.07, 6.45) is 1.08. The molecule has 0 amide bonds. The van der Waals surface area contributed by atoms with E-state index in [1.165, 1.54) is 5.56 Å². The maximum absolute atomic E-state index is 6.05. The first kappa shape index (κ1) is 15.1. The Morgan fingerprint density at radius 1 is 1.33 bits per heavy atom. The van der Waals surface area contributed by atoms with Gasteiger partial charge in [-0.2, -0.15) is 0 Å². The molecule has 1 N–H and O–H groups in total. The van der Waals surface area contributed by atoms with Crippen molar-refractivity contribution in [2.75, 3.05) is 6.54 Å². The van der Waals surface area contributed by atoms with Crippen LogP contribution in [0.25, 0.3) is 11.0 Å². The van der Waals surface area contributed by atoms with Gasteiger partial charge in [-0.15, -0.1) is 11.3 Å². The highest BCUT2D eigenvalue weighted by molar-refractivity contribution is 9.11. The molecule has 2 aromatic heterocycles. The zero-order valence-corrected chi connectivity index (χ0v) is 14.7. The molecule has 0 aliphatic carbocycles. The molecule has 0 radical (unpaired) electrons. The summed E-state index contributed by atoms with van der Waals surface area (Å²) in [5.74, 6) is 0.922. The second kappa shape index (κ2) is 6.53. The van der Waals surface area contributed by atoms with Gasteiger partial charge in [0, 0.05) is 10.4 Å². The Labute approximate surface area is 141 Å². The fourth-order valence-corrected chi connectivity index (χ4v) is 3.71. The SMILES string of the molecule is CCCNC(c1csc(Br)c1)c1cc2cc(Cl)ccc2o1. The molecule has 2 heterocycles. The highest BCUT2D eigenvalue weighted by Crippen LogP contribution is 2.33. The second-order valence-electron chi connectivity index (χ2n) is 4.90. The van der Waals surface area contributed by atoms with Gasteiger partial charge in [0.15, 0.2) is 0 Å². The Morgan fingerprint density at radius 3 is 2.90 bits per heavy atom. The van der Waals surface area contributed by atoms with Crippen LogP contribution in [0.5, 0.6) is 0 Å². The summed E-state index contributed by atoms with van der Waals surface area (Å²) in [5, 5.41) is 7.47. The number of nitrogens with one attached hydrogen (secondary N) is 1. The molecule has 0 spiro atoms. The van der Waals surface area contributed by atoms with Crippen molar-refractivity contribution in [3.8, 4) is 0 Å². The molecular weight excluding hydrogens is 370 g/mol. The molecular formula is C16H15BrClNOS. The number of furan rings is 1. The molecule has 5 heteroatoms. The number of thiophene rings is 1. The Morgan fingerprint density at radius 2 is 2.19 bits per heavy atom. The van der Waals surface area contributed by atoms with E-state index in [0.29, 0.717) is 0 Å². The van der Waals surface area contributed by atoms with Gasteiger partial charge in [0.1, 0.15) is 11.3 Å². The molecule has 110 valence electrons. The first-order valence-electron chi connectivity index (χ1n) is 6.83. The zero-order valence-electron chi connectivity index (χ0n) is 11.5. The Bertz CT molecular complexity index is 752. The number of rotatable bonds is 5. The Balaban J connectivity index is 2.00. The van der Waals surface area contributed by atoms with Crippen molar-refractivity contribution in [1.29, 1.82) is 0 Å². The number of hydrogen-bond donors (Lipinski definition) is 1. The highest BCUT2D eigenvalue weighted by Gasteiger charge is 2.19. The minimum Gasteiger partial charge on any atom is -0.459 e. The predicted octanol–water partition coefficient (Wildman–Crippen LogP) is 6.00. The molecule has 1 unspecified atom stereocenters. The Hall–Kier alpha value is -0.810. The summed E-state index contributed by atoms with van der Waals surface area (Å²) >= 11 is 11.3. The summed E-state index contributed by atoms with van der Waals surface area (Å²) in [4.78, 5) is 0. The normalized spacial score (nSPS) is 12.9. The van der Waals surface area contributed by atoms with Crippen LogP contribution in [-0.2, 0) is 0 Å². The van der Waals surface area contributed by atoms with Crippen molar-refractivity contribution in [2.24, 2.45) is 0 Å². The predicted molar refractivity (Wildman–Crippen MR) is 93.4 cm³/mol. The number of hydrogen-bond acceptors (Lipinski definition) is 3. The standard InChI is InChI=1S/C16H15BrClNOS/c1-2-5-19-16(11-8-15(17)21-9-11)14-7-10-6-12(18)3-4-13(10)20-14/h3-4,6-9,16,19H,2,5H2,1H3. The lowest BCUT2D eigenvalue weighted by Crippen LogP contribution is -2.22. The third-order valence-electron chi connectivity index (χ3n) is 3.30. The van der Waals surface area contributed by atoms with Crippen LogP contribution in [0.1, 0.15) is 30.7 Å². The quantitative estimate of drug-likeness (QED) is 0.583. The van der Waals surface area contributed by atoms with E-state index in [9.17, 15) is 0 Å². The molecule has 1 atom stereocenters. The number of halogens is 2. The summed E-state index contributed by atoms with van der Waals surface area (Å²) in [7, 11) is 0. The minimum atomic E-state index is 0.0682. The molecule has 3 aromatic rings. The summed E-state index contributed by atoms with van der Waals surface area (Å²) in [6.45, 7) is 3.10. The third-order valence-corrected chi connectivity index (χ3v) is 5.06. The van der Waals surface area contributed by atoms with Gasteiger partial charge >= 0.3 is 0 Å². The van der Waals surface area contributed by atoms with E-state index < -0.39 is 0 Å². The van der Waals surface area contributed by atoms with Crippen molar-refractivity contribution in [3.05, 3.63) is 55.8 Å². The van der Waals surface area contributed by atoms with Gasteiger partial charge in [0.05, 0.1) is 9.83 Å². The molecule has 0 saturated heterocycles. The monoisotopic (exact) mass is 383 g/mol. The van der Waals surface area contributed by atoms with E-state index in [-0.39, 0.29) is 6.04 Å². The van der Waals surface area contributed by atoms with Crippen LogP contribution in [0.2, 0.25) is 5.02 Å². The lowest BCUT2D eigenvalue weighted by atomic mass is 10.1. The summed E-state index contributed by atoms with van der Waals surface area (Å²) in [5.41, 5.74) is 2.08. The summed E-state index contributed by atoms with van der Waals surface area (Å²) < 4.78 is 7.14. The van der Waals surface area contributed by atoms with Gasteiger partial charge in [-0.05, 0) is 70.2 Å². The second-order valence-corrected chi connectivity index (χ2v) is 7.63. The van der Waals surface area contributed by atoms with Gasteiger partial charge in [-0.25, -0.2) is 0 Å². The molecule has 21 heavy (non-hydrogen) atoms. The lowest BCUT2D eigenvalue weighted by molar-refractivity contribution is 0.470. The van der Waals surface area contributed by atoms with Crippen LogP contribution in [0.3, 0.4) is 0 Å². The molecule has 3 rings (SSSR count). The van der Waals surface area contributed by atoms with Crippen molar-refractivity contribution >= 4 is 49.8 Å². The maximum Gasteiger partial charge on any atom is 0.134 e. The van der Waals surface area contributed by atoms with Gasteiger partial charge in [-0.1, -0.05) is 18.5 Å². The third kappa shape index (κ3) is 3.34. The molecule has 0 fully saturated rings. The van der Waals surface area contributed by atoms with Crippen LogP contribution in [-0.4, -0.2) is 6.54 Å². The van der Waals surface area contributed by atoms with E-state index >= 15 is 0 Å². The maximum atomic E-state index is 6.05. The van der Waals surface area contributed by atoms with Crippen LogP contribution in [0, 0.1) is 0 Å². The zero-order chi connectivity index (χ0) is 14.8. The van der Waals surface area contributed by atoms with Gasteiger partial charge < -0.3 is 9.73 Å². The van der Waals surface area contributed by atoms with Gasteiger partial charge in [-0.3, -0.25) is 0 Å². The van der Waals surface area contributed by atoms with Crippen LogP contribution < -0.4 is 5.32 Å². The fraction of sp³-hybridized carbons (Fsp3) is 0.250. The highest BCUT2D eigenvalue weighted by atomic mass is 79.9. The average molecular weight is 385 g/mol. The fourth-order valence-electron chi connectivity index (χ4n) is 2.32. The minimum absolute atomic E-state index is 0.0682. The van der Waals surface area contributed by atoms with Crippen LogP contribution in [0.4, 0.5) is 0 Å². The van der Waals surface area contributed by atoms with Crippen LogP contribution in [0.15, 0.2) is 43.9 Å². The van der Waals surface area contributed by atoms with E-state index in [0.717, 1.165) is 38.5 Å². The average Bonchev–Trinajstić information content (AvgIpc) is 3.05. The van der Waals surface area contributed by atoms with Gasteiger partial charge in [0.2, 0.25) is 0 Å². The first-order chi connectivity index (χ1) is 10.2. The van der Waals surface area contributed by atoms with Crippen molar-refractivity contribution in [2.45, 2.75) is 19.4 Å². The molecule has 1 aromatic carbocycles.